The third kappa shape index (κ3) is 2.42. The van der Waals surface area contributed by atoms with E-state index in [1.54, 1.807) is 4.90 Å². The molecule has 1 aliphatic rings. The number of nitrogens with zero attached hydrogens (tertiary/aromatic N) is 1. The van der Waals surface area contributed by atoms with Crippen molar-refractivity contribution in [1.82, 2.24) is 4.90 Å². The molecular formula is C9H17NO3. The Hall–Kier alpha value is -0.610. The van der Waals surface area contributed by atoms with Crippen molar-refractivity contribution < 1.29 is 15.0 Å². The minimum Gasteiger partial charge on any atom is -0.396 e. The van der Waals surface area contributed by atoms with Crippen LogP contribution in [0.15, 0.2) is 0 Å². The highest BCUT2D eigenvalue weighted by atomic mass is 16.3. The van der Waals surface area contributed by atoms with Gasteiger partial charge in [-0.3, -0.25) is 4.79 Å². The summed E-state index contributed by atoms with van der Waals surface area (Å²) in [5, 5.41) is 17.6. The minimum atomic E-state index is -0.409. The van der Waals surface area contributed by atoms with Gasteiger partial charge in [0.1, 0.15) is 6.61 Å². The van der Waals surface area contributed by atoms with Gasteiger partial charge >= 0.3 is 0 Å². The van der Waals surface area contributed by atoms with Crippen LogP contribution in [0, 0.1) is 5.92 Å². The number of carbonyl (C=O) groups is 1. The molecule has 2 atom stereocenters. The van der Waals surface area contributed by atoms with Crippen LogP contribution in [0.4, 0.5) is 0 Å². The van der Waals surface area contributed by atoms with E-state index in [1.807, 2.05) is 6.92 Å². The van der Waals surface area contributed by atoms with E-state index in [0.717, 1.165) is 12.8 Å². The molecule has 2 N–H and O–H groups in total. The Labute approximate surface area is 78.2 Å². The minimum absolute atomic E-state index is 0.144. The van der Waals surface area contributed by atoms with Gasteiger partial charge < -0.3 is 15.1 Å². The normalized spacial score (nSPS) is 29.0. The molecule has 1 amide bonds. The van der Waals surface area contributed by atoms with Crippen molar-refractivity contribution in [3.05, 3.63) is 0 Å². The molecule has 0 saturated carbocycles. The van der Waals surface area contributed by atoms with Crippen LogP contribution in [-0.4, -0.2) is 46.8 Å². The number of piperidine rings is 1. The molecule has 0 aromatic rings. The first-order chi connectivity index (χ1) is 6.19. The quantitative estimate of drug-likeness (QED) is 0.618. The number of hydrogen-bond acceptors (Lipinski definition) is 3. The molecule has 1 fully saturated rings. The Kier molecular flexibility index (Phi) is 3.69. The standard InChI is InChI=1S/C9H17NO3/c1-7-4-8(5-11)2-3-10(7)9(13)6-12/h7-8,11-12H,2-6H2,1H3/t7-,8-/m0/s1. The van der Waals surface area contributed by atoms with Gasteiger partial charge in [0.15, 0.2) is 0 Å². The van der Waals surface area contributed by atoms with Crippen molar-refractivity contribution in [1.29, 1.82) is 0 Å². The molecule has 76 valence electrons. The van der Waals surface area contributed by atoms with Gasteiger partial charge in [0.25, 0.3) is 0 Å². The lowest BCUT2D eigenvalue weighted by molar-refractivity contribution is -0.138. The maximum Gasteiger partial charge on any atom is 0.248 e. The first kappa shape index (κ1) is 10.5. The summed E-state index contributed by atoms with van der Waals surface area (Å²) in [4.78, 5) is 12.9. The van der Waals surface area contributed by atoms with E-state index in [2.05, 4.69) is 0 Å². The second-order valence-corrected chi connectivity index (χ2v) is 3.67. The average Bonchev–Trinajstić information content (AvgIpc) is 2.16. The Morgan fingerprint density at radius 3 is 2.69 bits per heavy atom. The lowest BCUT2D eigenvalue weighted by Gasteiger charge is -2.36. The van der Waals surface area contributed by atoms with Crippen LogP contribution in [0.2, 0.25) is 0 Å². The van der Waals surface area contributed by atoms with E-state index in [0.29, 0.717) is 12.5 Å². The van der Waals surface area contributed by atoms with Crippen molar-refractivity contribution in [3.8, 4) is 0 Å². The van der Waals surface area contributed by atoms with Gasteiger partial charge in [0.05, 0.1) is 0 Å². The predicted octanol–water partition coefficient (Wildman–Crippen LogP) is -0.402. The topological polar surface area (TPSA) is 60.8 Å². The maximum atomic E-state index is 11.2. The zero-order valence-corrected chi connectivity index (χ0v) is 7.94. The zero-order valence-electron chi connectivity index (χ0n) is 7.94. The number of aliphatic hydroxyl groups excluding tert-OH is 2. The van der Waals surface area contributed by atoms with Gasteiger partial charge in [-0.1, -0.05) is 0 Å². The zero-order chi connectivity index (χ0) is 9.84. The molecule has 1 heterocycles. The molecule has 0 unspecified atom stereocenters. The molecule has 0 bridgehead atoms. The van der Waals surface area contributed by atoms with Gasteiger partial charge in [-0.25, -0.2) is 0 Å². The Morgan fingerprint density at radius 2 is 2.23 bits per heavy atom. The van der Waals surface area contributed by atoms with E-state index in [-0.39, 0.29) is 18.6 Å². The van der Waals surface area contributed by atoms with Gasteiger partial charge in [0, 0.05) is 19.2 Å². The molecule has 0 spiro atoms. The van der Waals surface area contributed by atoms with Crippen LogP contribution in [0.1, 0.15) is 19.8 Å². The number of aliphatic hydroxyl groups is 2. The van der Waals surface area contributed by atoms with Crippen LogP contribution in [0.3, 0.4) is 0 Å². The summed E-state index contributed by atoms with van der Waals surface area (Å²) in [5.41, 5.74) is 0. The first-order valence-corrected chi connectivity index (χ1v) is 4.70. The fourth-order valence-electron chi connectivity index (χ4n) is 1.90. The predicted molar refractivity (Wildman–Crippen MR) is 48.1 cm³/mol. The van der Waals surface area contributed by atoms with Gasteiger partial charge in [-0.2, -0.15) is 0 Å². The van der Waals surface area contributed by atoms with Crippen molar-refractivity contribution >= 4 is 5.91 Å². The highest BCUT2D eigenvalue weighted by molar-refractivity contribution is 5.77. The summed E-state index contributed by atoms with van der Waals surface area (Å²) >= 11 is 0. The third-order valence-electron chi connectivity index (χ3n) is 2.70. The van der Waals surface area contributed by atoms with Crippen LogP contribution >= 0.6 is 0 Å². The fraction of sp³-hybridized carbons (Fsp3) is 0.889. The molecule has 0 radical (unpaired) electrons. The van der Waals surface area contributed by atoms with E-state index in [1.165, 1.54) is 0 Å². The molecule has 1 saturated heterocycles. The maximum absolute atomic E-state index is 11.2. The molecule has 4 nitrogen and oxygen atoms in total. The molecule has 0 aromatic heterocycles. The lowest BCUT2D eigenvalue weighted by Crippen LogP contribution is -2.46. The number of carbonyl (C=O) groups excluding carboxylic acids is 1. The van der Waals surface area contributed by atoms with Crippen LogP contribution < -0.4 is 0 Å². The van der Waals surface area contributed by atoms with Crippen molar-refractivity contribution in [3.63, 3.8) is 0 Å². The van der Waals surface area contributed by atoms with E-state index >= 15 is 0 Å². The van der Waals surface area contributed by atoms with Crippen LogP contribution in [0.5, 0.6) is 0 Å². The van der Waals surface area contributed by atoms with Gasteiger partial charge in [-0.15, -0.1) is 0 Å². The van der Waals surface area contributed by atoms with Crippen LogP contribution in [0.25, 0.3) is 0 Å². The Balaban J connectivity index is 2.48. The smallest absolute Gasteiger partial charge is 0.248 e. The second kappa shape index (κ2) is 4.58. The number of likely N-dealkylation sites (tertiary alicyclic amines) is 1. The average molecular weight is 187 g/mol. The SMILES string of the molecule is C[C@H]1C[C@@H](CO)CCN1C(=O)CO. The fourth-order valence-corrected chi connectivity index (χ4v) is 1.90. The van der Waals surface area contributed by atoms with Gasteiger partial charge in [0.2, 0.25) is 5.91 Å². The molecule has 0 aromatic carbocycles. The Bertz CT molecular complexity index is 184. The third-order valence-corrected chi connectivity index (χ3v) is 2.70. The largest absolute Gasteiger partial charge is 0.396 e. The second-order valence-electron chi connectivity index (χ2n) is 3.67. The number of rotatable bonds is 2. The molecular weight excluding hydrogens is 170 g/mol. The lowest BCUT2D eigenvalue weighted by atomic mass is 9.92. The number of amides is 1. The molecule has 0 aliphatic carbocycles. The van der Waals surface area contributed by atoms with E-state index in [4.69, 9.17) is 10.2 Å². The van der Waals surface area contributed by atoms with Crippen molar-refractivity contribution in [2.24, 2.45) is 5.92 Å². The highest BCUT2D eigenvalue weighted by Crippen LogP contribution is 2.21. The van der Waals surface area contributed by atoms with Crippen LogP contribution in [-0.2, 0) is 4.79 Å². The molecule has 1 rings (SSSR count). The van der Waals surface area contributed by atoms with E-state index in [9.17, 15) is 4.79 Å². The highest BCUT2D eigenvalue weighted by Gasteiger charge is 2.27. The van der Waals surface area contributed by atoms with E-state index < -0.39 is 6.61 Å². The summed E-state index contributed by atoms with van der Waals surface area (Å²) in [7, 11) is 0. The first-order valence-electron chi connectivity index (χ1n) is 4.70. The van der Waals surface area contributed by atoms with Gasteiger partial charge in [-0.05, 0) is 25.7 Å². The molecule has 13 heavy (non-hydrogen) atoms. The molecule has 4 heteroatoms. The Morgan fingerprint density at radius 1 is 1.54 bits per heavy atom. The summed E-state index contributed by atoms with van der Waals surface area (Å²) in [5.74, 6) is 0.113. The summed E-state index contributed by atoms with van der Waals surface area (Å²) in [6.07, 6.45) is 1.68. The number of hydrogen-bond donors (Lipinski definition) is 2. The monoisotopic (exact) mass is 187 g/mol. The van der Waals surface area contributed by atoms with Crippen molar-refractivity contribution in [2.75, 3.05) is 19.8 Å². The molecule has 1 aliphatic heterocycles. The summed E-state index contributed by atoms with van der Waals surface area (Å²) in [6.45, 7) is 2.40. The summed E-state index contributed by atoms with van der Waals surface area (Å²) in [6, 6.07) is 0.144. The van der Waals surface area contributed by atoms with Crippen molar-refractivity contribution in [2.45, 2.75) is 25.8 Å². The summed E-state index contributed by atoms with van der Waals surface area (Å²) < 4.78 is 0.